The Morgan fingerprint density at radius 3 is 2.84 bits per heavy atom. The second kappa shape index (κ2) is 11.1. The molecule has 3 heteroatoms. The van der Waals surface area contributed by atoms with Gasteiger partial charge in [-0.3, -0.25) is 0 Å². The summed E-state index contributed by atoms with van der Waals surface area (Å²) in [4.78, 5) is 4.57. The van der Waals surface area contributed by atoms with Gasteiger partial charge in [0.25, 0.3) is 0 Å². The average molecular weight is 341 g/mol. The number of aliphatic hydroxyl groups excluding tert-OH is 1. The summed E-state index contributed by atoms with van der Waals surface area (Å²) in [7, 11) is 0. The van der Waals surface area contributed by atoms with Crippen molar-refractivity contribution >= 4 is 0 Å². The first-order valence-electron chi connectivity index (χ1n) is 9.71. The second-order valence-electron chi connectivity index (χ2n) is 6.67. The number of unbranched alkanes of at least 4 members (excludes halogenated alkanes) is 4. The maximum Gasteiger partial charge on any atom is 0.126 e. The molecule has 1 saturated heterocycles. The van der Waals surface area contributed by atoms with E-state index in [2.05, 4.69) is 36.7 Å². The van der Waals surface area contributed by atoms with Crippen molar-refractivity contribution in [3.8, 4) is 11.8 Å². The van der Waals surface area contributed by atoms with Crippen molar-refractivity contribution in [3.05, 3.63) is 41.7 Å². The Kier molecular flexibility index (Phi) is 8.72. The maximum atomic E-state index is 9.97. The minimum atomic E-state index is -0.637. The van der Waals surface area contributed by atoms with Crippen molar-refractivity contribution in [2.75, 3.05) is 0 Å². The lowest BCUT2D eigenvalue weighted by Gasteiger charge is -1.99. The molecule has 1 N–H and O–H groups in total. The monoisotopic (exact) mass is 341 g/mol. The van der Waals surface area contributed by atoms with Crippen LogP contribution in [0.4, 0.5) is 0 Å². The molecule has 1 aliphatic rings. The van der Waals surface area contributed by atoms with E-state index < -0.39 is 6.10 Å². The summed E-state index contributed by atoms with van der Waals surface area (Å²) in [6.45, 7) is 4.39. The van der Waals surface area contributed by atoms with Crippen molar-refractivity contribution in [2.45, 2.75) is 83.5 Å². The quantitative estimate of drug-likeness (QED) is 0.283. The number of hydrogen-bond donors (Lipinski definition) is 1. The van der Waals surface area contributed by atoms with E-state index in [4.69, 9.17) is 4.74 Å². The highest BCUT2D eigenvalue weighted by atomic mass is 16.6. The molecule has 0 bridgehead atoms. The minimum Gasteiger partial charge on any atom is -0.380 e. The topological polar surface area (TPSA) is 45.6 Å². The van der Waals surface area contributed by atoms with Gasteiger partial charge in [-0.1, -0.05) is 63.7 Å². The molecule has 25 heavy (non-hydrogen) atoms. The van der Waals surface area contributed by atoms with Crippen molar-refractivity contribution in [3.63, 3.8) is 0 Å². The molecule has 1 aromatic rings. The Balaban J connectivity index is 1.79. The number of epoxide rings is 1. The minimum absolute atomic E-state index is 0.129. The summed E-state index contributed by atoms with van der Waals surface area (Å²) >= 11 is 0. The van der Waals surface area contributed by atoms with Crippen molar-refractivity contribution in [2.24, 2.45) is 0 Å². The number of hydrogen-bond acceptors (Lipinski definition) is 3. The molecule has 0 radical (unpaired) electrons. The SMILES string of the molecule is CCCCC/C=C\CC(O)C#Cc1cccc(C2OC2CCCC)n1. The van der Waals surface area contributed by atoms with E-state index in [0.29, 0.717) is 18.2 Å². The maximum absolute atomic E-state index is 9.97. The van der Waals surface area contributed by atoms with Crippen molar-refractivity contribution in [1.29, 1.82) is 0 Å². The molecule has 1 aromatic heterocycles. The standard InChI is InChI=1S/C22H31NO2/c1-3-5-7-8-9-10-13-19(24)17-16-18-12-11-14-20(23-18)22-21(25-22)15-6-4-2/h9-12,14,19,21-22,24H,3-8,13,15H2,1-2H3/b10-9-. The fourth-order valence-electron chi connectivity index (χ4n) is 2.78. The number of allylic oxidation sites excluding steroid dienone is 1. The molecule has 0 saturated carbocycles. The normalized spacial score (nSPS) is 20.3. The fraction of sp³-hybridized carbons (Fsp3) is 0.591. The summed E-state index contributed by atoms with van der Waals surface area (Å²) in [6.07, 6.45) is 12.8. The zero-order chi connectivity index (χ0) is 17.9. The molecule has 1 aliphatic heterocycles. The lowest BCUT2D eigenvalue weighted by Crippen LogP contribution is -2.01. The Bertz CT molecular complexity index is 600. The van der Waals surface area contributed by atoms with Crippen molar-refractivity contribution in [1.82, 2.24) is 4.98 Å². The lowest BCUT2D eigenvalue weighted by atomic mass is 10.1. The van der Waals surface area contributed by atoms with Crippen LogP contribution >= 0.6 is 0 Å². The summed E-state index contributed by atoms with van der Waals surface area (Å²) < 4.78 is 5.71. The smallest absolute Gasteiger partial charge is 0.126 e. The average Bonchev–Trinajstić information content (AvgIpc) is 3.41. The van der Waals surface area contributed by atoms with Gasteiger partial charge in [-0.05, 0) is 37.3 Å². The van der Waals surface area contributed by atoms with Gasteiger partial charge in [0.15, 0.2) is 0 Å². The van der Waals surface area contributed by atoms with E-state index in [1.54, 1.807) is 0 Å². The molecule has 3 unspecified atom stereocenters. The van der Waals surface area contributed by atoms with Crippen LogP contribution in [0.5, 0.6) is 0 Å². The van der Waals surface area contributed by atoms with Gasteiger partial charge in [0, 0.05) is 6.42 Å². The third kappa shape index (κ3) is 7.42. The first-order chi connectivity index (χ1) is 12.2. The first kappa shape index (κ1) is 19.7. The molecule has 136 valence electrons. The Hall–Kier alpha value is -1.63. The molecule has 1 fully saturated rings. The number of ether oxygens (including phenoxy) is 1. The molecule has 0 aliphatic carbocycles. The molecule has 3 atom stereocenters. The lowest BCUT2D eigenvalue weighted by molar-refractivity contribution is 0.236. The molecule has 3 nitrogen and oxygen atoms in total. The highest BCUT2D eigenvalue weighted by Gasteiger charge is 2.40. The Morgan fingerprint density at radius 2 is 2.04 bits per heavy atom. The molecule has 0 aromatic carbocycles. The number of pyridine rings is 1. The highest BCUT2D eigenvalue weighted by Crippen LogP contribution is 2.40. The number of aliphatic hydroxyl groups is 1. The van der Waals surface area contributed by atoms with Crippen LogP contribution in [0, 0.1) is 11.8 Å². The van der Waals surface area contributed by atoms with Crippen molar-refractivity contribution < 1.29 is 9.84 Å². The van der Waals surface area contributed by atoms with E-state index >= 15 is 0 Å². The van der Waals surface area contributed by atoms with E-state index in [9.17, 15) is 5.11 Å². The van der Waals surface area contributed by atoms with Gasteiger partial charge in [0.1, 0.15) is 17.9 Å². The Morgan fingerprint density at radius 1 is 1.20 bits per heavy atom. The van der Waals surface area contributed by atoms with Crippen LogP contribution in [0.15, 0.2) is 30.4 Å². The van der Waals surface area contributed by atoms with E-state index in [1.807, 2.05) is 24.3 Å². The van der Waals surface area contributed by atoms with Crippen LogP contribution in [0.2, 0.25) is 0 Å². The van der Waals surface area contributed by atoms with Gasteiger partial charge in [-0.25, -0.2) is 4.98 Å². The van der Waals surface area contributed by atoms with E-state index in [0.717, 1.165) is 18.5 Å². The van der Waals surface area contributed by atoms with E-state index in [-0.39, 0.29) is 6.10 Å². The molecule has 0 spiro atoms. The van der Waals surface area contributed by atoms with E-state index in [1.165, 1.54) is 32.1 Å². The summed E-state index contributed by atoms with van der Waals surface area (Å²) in [6, 6.07) is 5.84. The van der Waals surface area contributed by atoms with Crippen LogP contribution in [-0.2, 0) is 4.74 Å². The third-order valence-corrected chi connectivity index (χ3v) is 4.35. The Labute approximate surface area is 152 Å². The predicted octanol–water partition coefficient (Wildman–Crippen LogP) is 4.95. The molecule has 2 heterocycles. The summed E-state index contributed by atoms with van der Waals surface area (Å²) in [5.74, 6) is 5.87. The molecule has 2 rings (SSSR count). The van der Waals surface area contributed by atoms with Crippen LogP contribution in [0.1, 0.15) is 82.7 Å². The highest BCUT2D eigenvalue weighted by molar-refractivity contribution is 5.31. The van der Waals surface area contributed by atoms with Gasteiger partial charge in [0.05, 0.1) is 11.8 Å². The number of aromatic nitrogens is 1. The zero-order valence-corrected chi connectivity index (χ0v) is 15.6. The molecular formula is C22H31NO2. The van der Waals surface area contributed by atoms with Crippen LogP contribution in [0.25, 0.3) is 0 Å². The summed E-state index contributed by atoms with van der Waals surface area (Å²) in [5, 5.41) is 9.97. The third-order valence-electron chi connectivity index (χ3n) is 4.35. The second-order valence-corrected chi connectivity index (χ2v) is 6.67. The number of nitrogens with zero attached hydrogens (tertiary/aromatic N) is 1. The zero-order valence-electron chi connectivity index (χ0n) is 15.6. The fourth-order valence-corrected chi connectivity index (χ4v) is 2.78. The van der Waals surface area contributed by atoms with Crippen LogP contribution in [-0.4, -0.2) is 22.3 Å². The van der Waals surface area contributed by atoms with Gasteiger partial charge in [-0.15, -0.1) is 0 Å². The van der Waals surface area contributed by atoms with Gasteiger partial charge in [0.2, 0.25) is 0 Å². The predicted molar refractivity (Wildman–Crippen MR) is 102 cm³/mol. The van der Waals surface area contributed by atoms with Gasteiger partial charge < -0.3 is 9.84 Å². The van der Waals surface area contributed by atoms with Gasteiger partial charge >= 0.3 is 0 Å². The van der Waals surface area contributed by atoms with Crippen LogP contribution in [0.3, 0.4) is 0 Å². The summed E-state index contributed by atoms with van der Waals surface area (Å²) in [5.41, 5.74) is 1.66. The van der Waals surface area contributed by atoms with Gasteiger partial charge in [-0.2, -0.15) is 0 Å². The molecular weight excluding hydrogens is 310 g/mol. The number of rotatable bonds is 10. The molecule has 0 amide bonds. The van der Waals surface area contributed by atoms with Crippen LogP contribution < -0.4 is 0 Å². The first-order valence-corrected chi connectivity index (χ1v) is 9.71. The largest absolute Gasteiger partial charge is 0.380 e.